The van der Waals surface area contributed by atoms with E-state index in [1.165, 1.54) is 12.8 Å². The Kier molecular flexibility index (Phi) is 5.08. The maximum absolute atomic E-state index is 12.2. The molecule has 1 saturated carbocycles. The molecule has 20 heavy (non-hydrogen) atoms. The average Bonchev–Trinajstić information content (AvgIpc) is 2.33. The molecule has 2 fully saturated rings. The zero-order valence-electron chi connectivity index (χ0n) is 13.4. The Balaban J connectivity index is 1.80. The third-order valence-corrected chi connectivity index (χ3v) is 4.93. The van der Waals surface area contributed by atoms with E-state index >= 15 is 0 Å². The van der Waals surface area contributed by atoms with Crippen LogP contribution in [0.1, 0.15) is 47.0 Å². The fourth-order valence-electron chi connectivity index (χ4n) is 3.49. The summed E-state index contributed by atoms with van der Waals surface area (Å²) in [5.74, 6) is 1.49. The molecule has 1 aliphatic heterocycles. The molecule has 0 radical (unpaired) electrons. The maximum Gasteiger partial charge on any atom is 0.234 e. The van der Waals surface area contributed by atoms with Crippen LogP contribution in [0.4, 0.5) is 0 Å². The van der Waals surface area contributed by atoms with Crippen molar-refractivity contribution in [3.63, 3.8) is 0 Å². The molecule has 0 bridgehead atoms. The lowest BCUT2D eigenvalue weighted by Gasteiger charge is -2.39. The van der Waals surface area contributed by atoms with Crippen molar-refractivity contribution in [3.8, 4) is 0 Å². The van der Waals surface area contributed by atoms with Crippen LogP contribution in [0.5, 0.6) is 0 Å². The molecule has 1 amide bonds. The molecule has 1 saturated heterocycles. The smallest absolute Gasteiger partial charge is 0.234 e. The normalized spacial score (nSPS) is 34.7. The summed E-state index contributed by atoms with van der Waals surface area (Å²) in [6, 6.07) is 0.361. The molecule has 2 aliphatic rings. The van der Waals surface area contributed by atoms with Gasteiger partial charge in [0.05, 0.1) is 18.8 Å². The van der Waals surface area contributed by atoms with E-state index in [0.29, 0.717) is 18.5 Å². The Morgan fingerprint density at radius 2 is 2.10 bits per heavy atom. The van der Waals surface area contributed by atoms with Crippen LogP contribution in [0.15, 0.2) is 0 Å². The Labute approximate surface area is 123 Å². The molecular formula is C16H30N2O2. The van der Waals surface area contributed by atoms with E-state index in [-0.39, 0.29) is 11.5 Å². The van der Waals surface area contributed by atoms with Crippen molar-refractivity contribution in [2.45, 2.75) is 58.6 Å². The summed E-state index contributed by atoms with van der Waals surface area (Å²) >= 11 is 0. The van der Waals surface area contributed by atoms with Crippen LogP contribution in [-0.4, -0.2) is 48.7 Å². The Morgan fingerprint density at radius 3 is 2.80 bits per heavy atom. The first kappa shape index (κ1) is 15.8. The van der Waals surface area contributed by atoms with E-state index in [2.05, 4.69) is 37.9 Å². The minimum Gasteiger partial charge on any atom is -0.373 e. The highest BCUT2D eigenvalue weighted by atomic mass is 16.5. The monoisotopic (exact) mass is 282 g/mol. The van der Waals surface area contributed by atoms with Gasteiger partial charge in [-0.25, -0.2) is 0 Å². The van der Waals surface area contributed by atoms with Gasteiger partial charge < -0.3 is 10.1 Å². The second kappa shape index (κ2) is 6.44. The van der Waals surface area contributed by atoms with Crippen LogP contribution >= 0.6 is 0 Å². The molecule has 1 N–H and O–H groups in total. The van der Waals surface area contributed by atoms with Crippen LogP contribution in [0, 0.1) is 11.8 Å². The minimum absolute atomic E-state index is 0.134. The fraction of sp³-hybridized carbons (Fsp3) is 0.938. The van der Waals surface area contributed by atoms with Gasteiger partial charge in [-0.05, 0) is 32.1 Å². The highest BCUT2D eigenvalue weighted by molar-refractivity contribution is 5.78. The molecule has 0 aromatic rings. The fourth-order valence-corrected chi connectivity index (χ4v) is 3.49. The molecule has 116 valence electrons. The highest BCUT2D eigenvalue weighted by Gasteiger charge is 2.31. The van der Waals surface area contributed by atoms with Crippen molar-refractivity contribution in [2.24, 2.45) is 11.8 Å². The van der Waals surface area contributed by atoms with Gasteiger partial charge in [0.1, 0.15) is 0 Å². The van der Waals surface area contributed by atoms with E-state index in [9.17, 15) is 4.79 Å². The minimum atomic E-state index is -0.134. The highest BCUT2D eigenvalue weighted by Crippen LogP contribution is 2.29. The molecule has 0 aromatic heterocycles. The summed E-state index contributed by atoms with van der Waals surface area (Å²) in [4.78, 5) is 14.5. The maximum atomic E-state index is 12.2. The SMILES string of the molecule is CC1CCCC(NC(=O)CN2CCOC(C)(C)C2)C1C. The largest absolute Gasteiger partial charge is 0.373 e. The van der Waals surface area contributed by atoms with E-state index < -0.39 is 0 Å². The van der Waals surface area contributed by atoms with Gasteiger partial charge in [-0.15, -0.1) is 0 Å². The Bertz CT molecular complexity index is 343. The van der Waals surface area contributed by atoms with Crippen molar-refractivity contribution in [1.29, 1.82) is 0 Å². The van der Waals surface area contributed by atoms with Crippen LogP contribution in [0.3, 0.4) is 0 Å². The van der Waals surface area contributed by atoms with Crippen molar-refractivity contribution >= 4 is 5.91 Å². The van der Waals surface area contributed by atoms with Gasteiger partial charge >= 0.3 is 0 Å². The molecule has 0 aromatic carbocycles. The number of morpholine rings is 1. The Hall–Kier alpha value is -0.610. The third kappa shape index (κ3) is 4.19. The van der Waals surface area contributed by atoms with Crippen LogP contribution < -0.4 is 5.32 Å². The quantitative estimate of drug-likeness (QED) is 0.861. The molecule has 1 aliphatic carbocycles. The van der Waals surface area contributed by atoms with Crippen molar-refractivity contribution in [2.75, 3.05) is 26.2 Å². The zero-order valence-corrected chi connectivity index (χ0v) is 13.4. The molecule has 1 heterocycles. The topological polar surface area (TPSA) is 41.6 Å². The van der Waals surface area contributed by atoms with Gasteiger partial charge in [0.15, 0.2) is 0 Å². The number of nitrogens with zero attached hydrogens (tertiary/aromatic N) is 1. The second-order valence-corrected chi connectivity index (χ2v) is 7.26. The molecule has 3 atom stereocenters. The number of amides is 1. The van der Waals surface area contributed by atoms with Crippen LogP contribution in [0.25, 0.3) is 0 Å². The van der Waals surface area contributed by atoms with E-state index in [1.54, 1.807) is 0 Å². The number of carbonyl (C=O) groups excluding carboxylic acids is 1. The second-order valence-electron chi connectivity index (χ2n) is 7.26. The predicted octanol–water partition coefficient (Wildman–Crippen LogP) is 2.04. The molecule has 3 unspecified atom stereocenters. The van der Waals surface area contributed by atoms with Crippen LogP contribution in [-0.2, 0) is 9.53 Å². The van der Waals surface area contributed by atoms with Gasteiger partial charge in [0.25, 0.3) is 0 Å². The third-order valence-electron chi connectivity index (χ3n) is 4.93. The summed E-state index contributed by atoms with van der Waals surface area (Å²) < 4.78 is 5.68. The Morgan fingerprint density at radius 1 is 1.35 bits per heavy atom. The van der Waals surface area contributed by atoms with Crippen LogP contribution in [0.2, 0.25) is 0 Å². The lowest BCUT2D eigenvalue weighted by Crippen LogP contribution is -2.53. The predicted molar refractivity (Wildman–Crippen MR) is 80.6 cm³/mol. The summed E-state index contributed by atoms with van der Waals surface area (Å²) in [7, 11) is 0. The molecular weight excluding hydrogens is 252 g/mol. The first-order valence-corrected chi connectivity index (χ1v) is 8.03. The number of hydrogen-bond donors (Lipinski definition) is 1. The van der Waals surface area contributed by atoms with Crippen molar-refractivity contribution < 1.29 is 9.53 Å². The van der Waals surface area contributed by atoms with E-state index in [4.69, 9.17) is 4.74 Å². The van der Waals surface area contributed by atoms with E-state index in [1.807, 2.05) is 0 Å². The van der Waals surface area contributed by atoms with E-state index in [0.717, 1.165) is 32.0 Å². The van der Waals surface area contributed by atoms with Gasteiger partial charge in [-0.3, -0.25) is 9.69 Å². The summed E-state index contributed by atoms with van der Waals surface area (Å²) in [5.41, 5.74) is -0.134. The number of rotatable bonds is 3. The standard InChI is InChI=1S/C16H30N2O2/c1-12-6-5-7-14(13(12)2)17-15(19)10-18-8-9-20-16(3,4)11-18/h12-14H,5-11H2,1-4H3,(H,17,19). The zero-order chi connectivity index (χ0) is 14.8. The van der Waals surface area contributed by atoms with Gasteiger partial charge in [-0.1, -0.05) is 26.7 Å². The lowest BCUT2D eigenvalue weighted by atomic mass is 9.78. The average molecular weight is 282 g/mol. The molecule has 2 rings (SSSR count). The number of carbonyl (C=O) groups is 1. The first-order valence-electron chi connectivity index (χ1n) is 8.03. The van der Waals surface area contributed by atoms with Gasteiger partial charge in [0.2, 0.25) is 5.91 Å². The first-order chi connectivity index (χ1) is 9.37. The van der Waals surface area contributed by atoms with Crippen molar-refractivity contribution in [3.05, 3.63) is 0 Å². The molecule has 4 nitrogen and oxygen atoms in total. The van der Waals surface area contributed by atoms with Gasteiger partial charge in [-0.2, -0.15) is 0 Å². The summed E-state index contributed by atoms with van der Waals surface area (Å²) in [5, 5.41) is 3.25. The number of ether oxygens (including phenoxy) is 1. The van der Waals surface area contributed by atoms with Gasteiger partial charge in [0, 0.05) is 19.1 Å². The lowest BCUT2D eigenvalue weighted by molar-refractivity contribution is -0.128. The summed E-state index contributed by atoms with van der Waals surface area (Å²) in [6.07, 6.45) is 3.66. The van der Waals surface area contributed by atoms with Crippen molar-refractivity contribution in [1.82, 2.24) is 10.2 Å². The number of nitrogens with one attached hydrogen (secondary N) is 1. The molecule has 0 spiro atoms. The number of hydrogen-bond acceptors (Lipinski definition) is 3. The summed E-state index contributed by atoms with van der Waals surface area (Å²) in [6.45, 7) is 11.6. The molecule has 4 heteroatoms.